The van der Waals surface area contributed by atoms with Gasteiger partial charge in [-0.3, -0.25) is 9.59 Å². The van der Waals surface area contributed by atoms with Gasteiger partial charge in [0.25, 0.3) is 11.5 Å². The maximum atomic E-state index is 12.9. The fourth-order valence-electron chi connectivity index (χ4n) is 3.24. The Kier molecular flexibility index (Phi) is 5.94. The Labute approximate surface area is 183 Å². The predicted octanol–water partition coefficient (Wildman–Crippen LogP) is 2.92. The molecule has 0 fully saturated rings. The third-order valence-corrected chi connectivity index (χ3v) is 4.86. The van der Waals surface area contributed by atoms with Gasteiger partial charge < -0.3 is 9.84 Å². The van der Waals surface area contributed by atoms with E-state index >= 15 is 0 Å². The van der Waals surface area contributed by atoms with Crippen molar-refractivity contribution in [3.8, 4) is 11.5 Å². The van der Waals surface area contributed by atoms with E-state index in [0.717, 1.165) is 5.56 Å². The molecule has 0 unspecified atom stereocenters. The summed E-state index contributed by atoms with van der Waals surface area (Å²) in [7, 11) is 1.51. The molecule has 0 aliphatic heterocycles. The van der Waals surface area contributed by atoms with Crippen LogP contribution in [0.2, 0.25) is 0 Å². The summed E-state index contributed by atoms with van der Waals surface area (Å²) in [5, 5.41) is 19.0. The normalized spacial score (nSPS) is 11.0. The second-order valence-corrected chi connectivity index (χ2v) is 6.97. The monoisotopic (exact) mass is 428 g/mol. The van der Waals surface area contributed by atoms with E-state index in [9.17, 15) is 14.7 Å². The van der Waals surface area contributed by atoms with Crippen molar-refractivity contribution in [3.63, 3.8) is 0 Å². The Morgan fingerprint density at radius 3 is 2.56 bits per heavy atom. The Morgan fingerprint density at radius 2 is 1.81 bits per heavy atom. The number of aromatic hydroxyl groups is 1. The van der Waals surface area contributed by atoms with Crippen LogP contribution in [0.25, 0.3) is 10.8 Å². The molecule has 8 heteroatoms. The van der Waals surface area contributed by atoms with Gasteiger partial charge in [-0.05, 0) is 29.8 Å². The number of hydrogen-bond donors (Lipinski definition) is 2. The van der Waals surface area contributed by atoms with E-state index in [1.165, 1.54) is 24.1 Å². The lowest BCUT2D eigenvalue weighted by Crippen LogP contribution is -2.29. The number of carbonyl (C=O) groups excluding carboxylic acids is 1. The summed E-state index contributed by atoms with van der Waals surface area (Å²) in [5.74, 6) is -0.0540. The summed E-state index contributed by atoms with van der Waals surface area (Å²) in [6.07, 6.45) is 1.30. The Bertz CT molecular complexity index is 1360. The molecule has 4 aromatic rings. The van der Waals surface area contributed by atoms with Crippen LogP contribution in [-0.2, 0) is 6.54 Å². The van der Waals surface area contributed by atoms with Crippen molar-refractivity contribution in [2.45, 2.75) is 6.54 Å². The maximum absolute atomic E-state index is 12.9. The Morgan fingerprint density at radius 1 is 1.09 bits per heavy atom. The first-order valence-corrected chi connectivity index (χ1v) is 9.81. The lowest BCUT2D eigenvalue weighted by molar-refractivity contribution is 0.0949. The topological polar surface area (TPSA) is 106 Å². The van der Waals surface area contributed by atoms with E-state index < -0.39 is 5.91 Å². The smallest absolute Gasteiger partial charge is 0.292 e. The molecule has 32 heavy (non-hydrogen) atoms. The SMILES string of the molecule is COc1ccc(O)c(/C=N/NC(=O)c2nn(Cc3ccccc3)c(=O)c3ccccc23)c1. The molecule has 0 saturated heterocycles. The van der Waals surface area contributed by atoms with Gasteiger partial charge in [0, 0.05) is 10.9 Å². The van der Waals surface area contributed by atoms with Gasteiger partial charge >= 0.3 is 0 Å². The Balaban J connectivity index is 1.66. The molecule has 3 aromatic carbocycles. The van der Waals surface area contributed by atoms with Crippen LogP contribution in [0.1, 0.15) is 21.6 Å². The number of carbonyl (C=O) groups is 1. The zero-order valence-corrected chi connectivity index (χ0v) is 17.2. The lowest BCUT2D eigenvalue weighted by atomic mass is 10.1. The number of hydrazone groups is 1. The van der Waals surface area contributed by atoms with Gasteiger partial charge in [0.15, 0.2) is 5.69 Å². The highest BCUT2D eigenvalue weighted by Gasteiger charge is 2.16. The minimum Gasteiger partial charge on any atom is -0.507 e. The summed E-state index contributed by atoms with van der Waals surface area (Å²) in [6.45, 7) is 0.228. The molecule has 8 nitrogen and oxygen atoms in total. The molecular formula is C24H20N4O4. The summed E-state index contributed by atoms with van der Waals surface area (Å²) in [6, 6.07) is 20.9. The zero-order chi connectivity index (χ0) is 22.5. The summed E-state index contributed by atoms with van der Waals surface area (Å²) < 4.78 is 6.39. The average molecular weight is 428 g/mol. The van der Waals surface area contributed by atoms with Crippen LogP contribution in [0.3, 0.4) is 0 Å². The fraction of sp³-hybridized carbons (Fsp3) is 0.0833. The first kappa shape index (κ1) is 20.8. The van der Waals surface area contributed by atoms with Crippen LogP contribution in [0.5, 0.6) is 11.5 Å². The molecule has 0 aliphatic rings. The number of phenolic OH excluding ortho intramolecular Hbond substituents is 1. The number of aromatic nitrogens is 2. The minimum absolute atomic E-state index is 0.0104. The second-order valence-electron chi connectivity index (χ2n) is 6.97. The lowest BCUT2D eigenvalue weighted by Gasteiger charge is -2.10. The van der Waals surface area contributed by atoms with Gasteiger partial charge in [-0.15, -0.1) is 0 Å². The van der Waals surface area contributed by atoms with Crippen LogP contribution >= 0.6 is 0 Å². The van der Waals surface area contributed by atoms with Crippen molar-refractivity contribution < 1.29 is 14.6 Å². The average Bonchev–Trinajstić information content (AvgIpc) is 2.82. The summed E-state index contributed by atoms with van der Waals surface area (Å²) in [4.78, 5) is 25.8. The number of nitrogens with one attached hydrogen (secondary N) is 1. The number of rotatable bonds is 6. The number of fused-ring (bicyclic) bond motifs is 1. The zero-order valence-electron chi connectivity index (χ0n) is 17.2. The van der Waals surface area contributed by atoms with E-state index in [0.29, 0.717) is 22.1 Å². The van der Waals surface area contributed by atoms with Crippen LogP contribution < -0.4 is 15.7 Å². The number of amides is 1. The highest BCUT2D eigenvalue weighted by Crippen LogP contribution is 2.21. The third kappa shape index (κ3) is 4.34. The largest absolute Gasteiger partial charge is 0.507 e. The molecule has 0 bridgehead atoms. The van der Waals surface area contributed by atoms with Crippen LogP contribution in [0.15, 0.2) is 82.7 Å². The van der Waals surface area contributed by atoms with Crippen molar-refractivity contribution in [2.24, 2.45) is 5.10 Å². The number of hydrogen-bond acceptors (Lipinski definition) is 6. The second kappa shape index (κ2) is 9.13. The highest BCUT2D eigenvalue weighted by atomic mass is 16.5. The van der Waals surface area contributed by atoms with E-state index in [1.54, 1.807) is 36.4 Å². The van der Waals surface area contributed by atoms with Crippen LogP contribution in [0.4, 0.5) is 0 Å². The van der Waals surface area contributed by atoms with Crippen LogP contribution in [0, 0.1) is 0 Å². The first-order chi connectivity index (χ1) is 15.6. The third-order valence-electron chi connectivity index (χ3n) is 4.86. The van der Waals surface area contributed by atoms with Crippen molar-refractivity contribution >= 4 is 22.9 Å². The van der Waals surface area contributed by atoms with E-state index in [1.807, 2.05) is 30.3 Å². The number of methoxy groups -OCH3 is 1. The molecular weight excluding hydrogens is 408 g/mol. The van der Waals surface area contributed by atoms with Gasteiger partial charge in [0.05, 0.1) is 25.3 Å². The molecule has 4 rings (SSSR count). The molecule has 0 atom stereocenters. The molecule has 160 valence electrons. The van der Waals surface area contributed by atoms with Crippen molar-refractivity contribution in [1.29, 1.82) is 0 Å². The molecule has 0 saturated carbocycles. The number of nitrogens with zero attached hydrogens (tertiary/aromatic N) is 3. The number of ether oxygens (including phenoxy) is 1. The van der Waals surface area contributed by atoms with E-state index in [-0.39, 0.29) is 23.5 Å². The minimum atomic E-state index is -0.582. The molecule has 0 aliphatic carbocycles. The van der Waals surface area contributed by atoms with Gasteiger partial charge in [0.1, 0.15) is 11.5 Å². The van der Waals surface area contributed by atoms with Gasteiger partial charge in [-0.2, -0.15) is 10.2 Å². The molecule has 1 amide bonds. The molecule has 0 spiro atoms. The highest BCUT2D eigenvalue weighted by molar-refractivity contribution is 6.05. The molecule has 1 heterocycles. The van der Waals surface area contributed by atoms with Gasteiger partial charge in [0.2, 0.25) is 0 Å². The van der Waals surface area contributed by atoms with E-state index in [2.05, 4.69) is 15.6 Å². The summed E-state index contributed by atoms with van der Waals surface area (Å²) >= 11 is 0. The van der Waals surface area contributed by atoms with Crippen molar-refractivity contribution in [3.05, 3.63) is 100.0 Å². The van der Waals surface area contributed by atoms with E-state index in [4.69, 9.17) is 4.74 Å². The molecule has 2 N–H and O–H groups in total. The van der Waals surface area contributed by atoms with Crippen molar-refractivity contribution in [1.82, 2.24) is 15.2 Å². The standard InChI is InChI=1S/C24H20N4O4/c1-32-18-11-12-21(29)17(13-18)14-25-26-23(30)22-19-9-5-6-10-20(19)24(31)28(27-22)15-16-7-3-2-4-8-16/h2-14,29H,15H2,1H3,(H,26,30)/b25-14+. The van der Waals surface area contributed by atoms with Gasteiger partial charge in [-0.1, -0.05) is 48.5 Å². The predicted molar refractivity (Wildman–Crippen MR) is 121 cm³/mol. The Hall–Kier alpha value is -4.46. The maximum Gasteiger partial charge on any atom is 0.292 e. The van der Waals surface area contributed by atoms with Gasteiger partial charge in [-0.25, -0.2) is 10.1 Å². The molecule has 0 radical (unpaired) electrons. The number of benzene rings is 3. The van der Waals surface area contributed by atoms with Crippen molar-refractivity contribution in [2.75, 3.05) is 7.11 Å². The molecule has 1 aromatic heterocycles. The van der Waals surface area contributed by atoms with Crippen LogP contribution in [-0.4, -0.2) is 34.1 Å². The quantitative estimate of drug-likeness (QED) is 0.363. The fourth-order valence-corrected chi connectivity index (χ4v) is 3.24. The first-order valence-electron chi connectivity index (χ1n) is 9.81. The summed E-state index contributed by atoms with van der Waals surface area (Å²) in [5.41, 5.74) is 3.46. The number of phenols is 1.